The van der Waals surface area contributed by atoms with Crippen molar-refractivity contribution in [2.24, 2.45) is 0 Å². The molecule has 0 fully saturated rings. The molecule has 3 aromatic rings. The highest BCUT2D eigenvalue weighted by molar-refractivity contribution is 7.09. The Morgan fingerprint density at radius 1 is 1.32 bits per heavy atom. The van der Waals surface area contributed by atoms with E-state index in [0.717, 1.165) is 16.0 Å². The van der Waals surface area contributed by atoms with Gasteiger partial charge in [-0.3, -0.25) is 4.79 Å². The fourth-order valence-electron chi connectivity index (χ4n) is 2.46. The van der Waals surface area contributed by atoms with Gasteiger partial charge in [-0.15, -0.1) is 28.1 Å². The Labute approximate surface area is 150 Å². The summed E-state index contributed by atoms with van der Waals surface area (Å²) in [4.78, 5) is 16.8. The van der Waals surface area contributed by atoms with E-state index >= 15 is 0 Å². The van der Waals surface area contributed by atoms with Gasteiger partial charge in [-0.05, 0) is 29.1 Å². The summed E-state index contributed by atoms with van der Waals surface area (Å²) in [6.45, 7) is 6.82. The molecule has 0 saturated heterocycles. The Morgan fingerprint density at radius 3 is 2.88 bits per heavy atom. The molecule has 3 rings (SSSR count). The first-order chi connectivity index (χ1) is 12.2. The predicted octanol–water partition coefficient (Wildman–Crippen LogP) is 2.92. The molecule has 6 nitrogen and oxygen atoms in total. The van der Waals surface area contributed by atoms with Gasteiger partial charge in [0.2, 0.25) is 11.7 Å². The first-order valence-corrected chi connectivity index (χ1v) is 8.80. The van der Waals surface area contributed by atoms with Crippen molar-refractivity contribution in [1.29, 1.82) is 0 Å². The van der Waals surface area contributed by atoms with Crippen LogP contribution in [0.5, 0.6) is 0 Å². The minimum Gasteiger partial charge on any atom is -0.332 e. The number of hydrogen-bond acceptors (Lipinski definition) is 5. The van der Waals surface area contributed by atoms with E-state index in [4.69, 9.17) is 0 Å². The molecule has 0 N–H and O–H groups in total. The maximum atomic E-state index is 12.6. The molecule has 2 aromatic heterocycles. The molecule has 2 heterocycles. The topological polar surface area (TPSA) is 63.9 Å². The van der Waals surface area contributed by atoms with Gasteiger partial charge in [-0.1, -0.05) is 36.4 Å². The lowest BCUT2D eigenvalue weighted by Crippen LogP contribution is -2.34. The number of aryl methyl sites for hydroxylation is 1. The molecule has 0 radical (unpaired) electrons. The molecule has 0 aliphatic carbocycles. The van der Waals surface area contributed by atoms with Gasteiger partial charge < -0.3 is 4.90 Å². The lowest BCUT2D eigenvalue weighted by atomic mass is 10.1. The number of nitrogens with zero attached hydrogens (tertiary/aromatic N) is 5. The number of carbonyl (C=O) groups is 1. The predicted molar refractivity (Wildman–Crippen MR) is 97.9 cm³/mol. The molecular weight excluding hydrogens is 334 g/mol. The van der Waals surface area contributed by atoms with Crippen LogP contribution in [0.15, 0.2) is 54.4 Å². The molecular formula is C18H19N5OS. The van der Waals surface area contributed by atoms with Crippen LogP contribution in [-0.4, -0.2) is 37.6 Å². The molecule has 0 spiro atoms. The average Bonchev–Trinajstić information content (AvgIpc) is 3.27. The van der Waals surface area contributed by atoms with E-state index in [1.165, 1.54) is 4.80 Å². The molecule has 1 aromatic carbocycles. The zero-order valence-corrected chi connectivity index (χ0v) is 14.8. The number of thiophene rings is 1. The standard InChI is InChI=1S/C18H19N5OS/c1-3-10-22(12-15-8-6-11-25-15)17(24)13-23-20-18(19-21-23)16-9-5-4-7-14(16)2/h3-9,11H,1,10,12-13H2,2H3. The van der Waals surface area contributed by atoms with Crippen LogP contribution in [0.4, 0.5) is 0 Å². The van der Waals surface area contributed by atoms with Gasteiger partial charge in [0.1, 0.15) is 6.54 Å². The fourth-order valence-corrected chi connectivity index (χ4v) is 3.18. The van der Waals surface area contributed by atoms with E-state index in [2.05, 4.69) is 22.0 Å². The highest BCUT2D eigenvalue weighted by atomic mass is 32.1. The molecule has 0 unspecified atom stereocenters. The van der Waals surface area contributed by atoms with E-state index < -0.39 is 0 Å². The van der Waals surface area contributed by atoms with Crippen molar-refractivity contribution in [1.82, 2.24) is 25.1 Å². The van der Waals surface area contributed by atoms with Gasteiger partial charge in [-0.25, -0.2) is 0 Å². The minimum atomic E-state index is -0.0676. The summed E-state index contributed by atoms with van der Waals surface area (Å²) in [5.74, 6) is 0.460. The normalized spacial score (nSPS) is 10.6. The maximum absolute atomic E-state index is 12.6. The van der Waals surface area contributed by atoms with E-state index in [0.29, 0.717) is 18.9 Å². The van der Waals surface area contributed by atoms with Crippen molar-refractivity contribution in [2.75, 3.05) is 6.54 Å². The smallest absolute Gasteiger partial charge is 0.246 e. The molecule has 0 atom stereocenters. The number of rotatable bonds is 7. The van der Waals surface area contributed by atoms with E-state index in [1.54, 1.807) is 22.3 Å². The second-order valence-electron chi connectivity index (χ2n) is 5.60. The van der Waals surface area contributed by atoms with Gasteiger partial charge >= 0.3 is 0 Å². The van der Waals surface area contributed by atoms with Crippen LogP contribution in [0.1, 0.15) is 10.4 Å². The van der Waals surface area contributed by atoms with Crippen LogP contribution in [0, 0.1) is 6.92 Å². The SMILES string of the molecule is C=CCN(Cc1cccs1)C(=O)Cn1nnc(-c2ccccc2C)n1. The zero-order chi connectivity index (χ0) is 17.6. The monoisotopic (exact) mass is 353 g/mol. The summed E-state index contributed by atoms with van der Waals surface area (Å²) in [5, 5.41) is 14.4. The van der Waals surface area contributed by atoms with E-state index in [9.17, 15) is 4.79 Å². The van der Waals surface area contributed by atoms with Crippen molar-refractivity contribution in [2.45, 2.75) is 20.0 Å². The van der Waals surface area contributed by atoms with Crippen molar-refractivity contribution in [3.05, 3.63) is 64.9 Å². The third kappa shape index (κ3) is 4.19. The summed E-state index contributed by atoms with van der Waals surface area (Å²) in [6, 6.07) is 11.8. The minimum absolute atomic E-state index is 0.0537. The molecule has 0 bridgehead atoms. The van der Waals surface area contributed by atoms with E-state index in [1.807, 2.05) is 48.7 Å². The third-order valence-corrected chi connectivity index (χ3v) is 4.61. The van der Waals surface area contributed by atoms with Crippen molar-refractivity contribution in [3.63, 3.8) is 0 Å². The number of tetrazole rings is 1. The number of hydrogen-bond donors (Lipinski definition) is 0. The third-order valence-electron chi connectivity index (χ3n) is 3.74. The van der Waals surface area contributed by atoms with E-state index in [-0.39, 0.29) is 12.5 Å². The Bertz CT molecular complexity index is 856. The number of carbonyl (C=O) groups excluding carboxylic acids is 1. The van der Waals surface area contributed by atoms with Crippen LogP contribution in [0.3, 0.4) is 0 Å². The molecule has 0 saturated carbocycles. The van der Waals surface area contributed by atoms with Crippen LogP contribution in [-0.2, 0) is 17.9 Å². The lowest BCUT2D eigenvalue weighted by Gasteiger charge is -2.19. The van der Waals surface area contributed by atoms with Crippen molar-refractivity contribution >= 4 is 17.2 Å². The lowest BCUT2D eigenvalue weighted by molar-refractivity contribution is -0.132. The van der Waals surface area contributed by atoms with Crippen LogP contribution < -0.4 is 0 Å². The summed E-state index contributed by atoms with van der Waals surface area (Å²) in [7, 11) is 0. The Hall–Kier alpha value is -2.80. The average molecular weight is 353 g/mol. The summed E-state index contributed by atoms with van der Waals surface area (Å²) in [5.41, 5.74) is 1.99. The maximum Gasteiger partial charge on any atom is 0.246 e. The van der Waals surface area contributed by atoms with Gasteiger partial charge in [0.15, 0.2) is 0 Å². The number of benzene rings is 1. The largest absolute Gasteiger partial charge is 0.332 e. The molecule has 7 heteroatoms. The van der Waals surface area contributed by atoms with Crippen molar-refractivity contribution in [3.8, 4) is 11.4 Å². The molecule has 25 heavy (non-hydrogen) atoms. The Kier molecular flexibility index (Phi) is 5.35. The second-order valence-corrected chi connectivity index (χ2v) is 6.63. The first kappa shape index (κ1) is 17.0. The zero-order valence-electron chi connectivity index (χ0n) is 14.0. The summed E-state index contributed by atoms with van der Waals surface area (Å²) in [6.07, 6.45) is 1.72. The molecule has 0 aliphatic rings. The highest BCUT2D eigenvalue weighted by Gasteiger charge is 2.16. The quantitative estimate of drug-likeness (QED) is 0.613. The Balaban J connectivity index is 1.71. The second kappa shape index (κ2) is 7.85. The fraction of sp³-hybridized carbons (Fsp3) is 0.222. The van der Waals surface area contributed by atoms with Gasteiger partial charge in [0, 0.05) is 17.0 Å². The Morgan fingerprint density at radius 2 is 2.16 bits per heavy atom. The van der Waals surface area contributed by atoms with Gasteiger partial charge in [0.05, 0.1) is 6.54 Å². The van der Waals surface area contributed by atoms with Gasteiger partial charge in [-0.2, -0.15) is 4.80 Å². The summed E-state index contributed by atoms with van der Waals surface area (Å²) < 4.78 is 0. The van der Waals surface area contributed by atoms with Crippen LogP contribution in [0.25, 0.3) is 11.4 Å². The van der Waals surface area contributed by atoms with Crippen LogP contribution >= 0.6 is 11.3 Å². The number of amides is 1. The van der Waals surface area contributed by atoms with Gasteiger partial charge in [0.25, 0.3) is 0 Å². The van der Waals surface area contributed by atoms with Crippen LogP contribution in [0.2, 0.25) is 0 Å². The number of aromatic nitrogens is 4. The molecule has 1 amide bonds. The summed E-state index contributed by atoms with van der Waals surface area (Å²) >= 11 is 1.63. The first-order valence-electron chi connectivity index (χ1n) is 7.92. The van der Waals surface area contributed by atoms with Crippen molar-refractivity contribution < 1.29 is 4.79 Å². The molecule has 0 aliphatic heterocycles. The highest BCUT2D eigenvalue weighted by Crippen LogP contribution is 2.18. The molecule has 128 valence electrons.